The Morgan fingerprint density at radius 1 is 0.818 bits per heavy atom. The molecular formula is C24H20N2O6S. The van der Waals surface area contributed by atoms with Crippen LogP contribution in [0.1, 0.15) is 17.2 Å². The molecule has 4 aromatic carbocycles. The van der Waals surface area contributed by atoms with E-state index in [0.717, 1.165) is 6.07 Å². The largest absolute Gasteiger partial charge is 0.505 e. The van der Waals surface area contributed by atoms with E-state index in [2.05, 4.69) is 10.2 Å². The van der Waals surface area contributed by atoms with Gasteiger partial charge >= 0.3 is 0 Å². The lowest BCUT2D eigenvalue weighted by molar-refractivity contribution is 0.220. The van der Waals surface area contributed by atoms with E-state index in [1.165, 1.54) is 19.2 Å². The van der Waals surface area contributed by atoms with Crippen molar-refractivity contribution < 1.29 is 27.9 Å². The van der Waals surface area contributed by atoms with Crippen molar-refractivity contribution in [2.24, 2.45) is 10.2 Å². The fraction of sp³-hybridized carbons (Fsp3) is 0.0833. The molecule has 8 nitrogen and oxygen atoms in total. The van der Waals surface area contributed by atoms with Gasteiger partial charge in [-0.15, -0.1) is 10.2 Å². The zero-order valence-corrected chi connectivity index (χ0v) is 18.3. The van der Waals surface area contributed by atoms with Crippen molar-refractivity contribution in [3.05, 3.63) is 90.0 Å². The number of ether oxygens (including phenoxy) is 1. The zero-order chi connectivity index (χ0) is 23.6. The van der Waals surface area contributed by atoms with E-state index >= 15 is 0 Å². The van der Waals surface area contributed by atoms with E-state index in [1.807, 2.05) is 18.2 Å². The number of aliphatic hydroxyl groups excluding tert-OH is 1. The highest BCUT2D eigenvalue weighted by atomic mass is 32.2. The fourth-order valence-corrected chi connectivity index (χ4v) is 4.20. The minimum atomic E-state index is -4.57. The van der Waals surface area contributed by atoms with E-state index in [-0.39, 0.29) is 22.2 Å². The Labute approximate surface area is 190 Å². The standard InChI is InChI=1S/C24H20N2O6S/c1-32-21-13-16(23(27)15-7-3-2-4-8-15)11-12-19(21)25-26-20-14-22(33(29,30)31)17-9-5-6-10-18(17)24(20)28/h2-14,23,27-28H,1H3,(H,29,30,31). The number of phenolic OH excluding ortho intramolecular Hbond substituents is 1. The van der Waals surface area contributed by atoms with Crippen LogP contribution >= 0.6 is 0 Å². The van der Waals surface area contributed by atoms with Crippen LogP contribution in [-0.2, 0) is 10.1 Å². The van der Waals surface area contributed by atoms with Gasteiger partial charge in [0.1, 0.15) is 28.1 Å². The maximum absolute atomic E-state index is 11.9. The zero-order valence-electron chi connectivity index (χ0n) is 17.5. The van der Waals surface area contributed by atoms with Crippen molar-refractivity contribution in [3.63, 3.8) is 0 Å². The van der Waals surface area contributed by atoms with Crippen LogP contribution in [0.25, 0.3) is 10.8 Å². The van der Waals surface area contributed by atoms with E-state index in [4.69, 9.17) is 4.74 Å². The van der Waals surface area contributed by atoms with Crippen molar-refractivity contribution in [2.75, 3.05) is 7.11 Å². The number of benzene rings is 4. The molecule has 0 aliphatic heterocycles. The summed E-state index contributed by atoms with van der Waals surface area (Å²) in [5, 5.41) is 29.7. The molecule has 1 unspecified atom stereocenters. The Bertz CT molecular complexity index is 1450. The summed E-state index contributed by atoms with van der Waals surface area (Å²) in [6, 6.07) is 21.2. The predicted octanol–water partition coefficient (Wildman–Crippen LogP) is 5.30. The fourth-order valence-electron chi connectivity index (χ4n) is 3.48. The summed E-state index contributed by atoms with van der Waals surface area (Å²) < 4.78 is 38.7. The van der Waals surface area contributed by atoms with E-state index in [1.54, 1.807) is 42.5 Å². The van der Waals surface area contributed by atoms with Crippen LogP contribution in [0.15, 0.2) is 94.0 Å². The summed E-state index contributed by atoms with van der Waals surface area (Å²) in [5.41, 5.74) is 1.45. The normalized spacial score (nSPS) is 12.8. The molecule has 0 aromatic heterocycles. The second kappa shape index (κ2) is 8.99. The third kappa shape index (κ3) is 4.56. The molecule has 9 heteroatoms. The van der Waals surface area contributed by atoms with Gasteiger partial charge in [-0.1, -0.05) is 60.7 Å². The number of fused-ring (bicyclic) bond motifs is 1. The number of hydrogen-bond acceptors (Lipinski definition) is 7. The molecular weight excluding hydrogens is 444 g/mol. The molecule has 0 spiro atoms. The third-order valence-corrected chi connectivity index (χ3v) is 6.03. The minimum absolute atomic E-state index is 0.142. The Morgan fingerprint density at radius 3 is 2.12 bits per heavy atom. The highest BCUT2D eigenvalue weighted by Crippen LogP contribution is 2.40. The topological polar surface area (TPSA) is 129 Å². The predicted molar refractivity (Wildman–Crippen MR) is 123 cm³/mol. The summed E-state index contributed by atoms with van der Waals surface area (Å²) in [5.74, 6) is 0.0401. The molecule has 4 rings (SSSR count). The van der Waals surface area contributed by atoms with Gasteiger partial charge in [0.15, 0.2) is 5.75 Å². The number of hydrogen-bond donors (Lipinski definition) is 3. The molecule has 168 valence electrons. The number of nitrogens with zero attached hydrogens (tertiary/aromatic N) is 2. The monoisotopic (exact) mass is 464 g/mol. The van der Waals surface area contributed by atoms with Gasteiger partial charge in [-0.05, 0) is 29.3 Å². The van der Waals surface area contributed by atoms with Gasteiger partial charge < -0.3 is 14.9 Å². The van der Waals surface area contributed by atoms with Crippen LogP contribution in [-0.4, -0.2) is 30.3 Å². The first kappa shape index (κ1) is 22.4. The minimum Gasteiger partial charge on any atom is -0.505 e. The molecule has 0 bridgehead atoms. The van der Waals surface area contributed by atoms with Gasteiger partial charge in [-0.3, -0.25) is 4.55 Å². The van der Waals surface area contributed by atoms with Crippen LogP contribution in [0, 0.1) is 0 Å². The highest BCUT2D eigenvalue weighted by molar-refractivity contribution is 7.86. The molecule has 0 saturated carbocycles. The molecule has 0 fully saturated rings. The van der Waals surface area contributed by atoms with Crippen LogP contribution in [0.4, 0.5) is 11.4 Å². The molecule has 0 aliphatic carbocycles. The maximum Gasteiger partial charge on any atom is 0.295 e. The first-order valence-electron chi connectivity index (χ1n) is 9.84. The summed E-state index contributed by atoms with van der Waals surface area (Å²) in [4.78, 5) is -0.391. The second-order valence-electron chi connectivity index (χ2n) is 7.21. The van der Waals surface area contributed by atoms with Crippen molar-refractivity contribution in [2.45, 2.75) is 11.0 Å². The van der Waals surface area contributed by atoms with Crippen LogP contribution in [0.5, 0.6) is 11.5 Å². The lowest BCUT2D eigenvalue weighted by Gasteiger charge is -2.13. The highest BCUT2D eigenvalue weighted by Gasteiger charge is 2.19. The Balaban J connectivity index is 1.74. The molecule has 0 radical (unpaired) electrons. The van der Waals surface area contributed by atoms with Gasteiger partial charge in [0.2, 0.25) is 0 Å². The number of phenols is 1. The van der Waals surface area contributed by atoms with E-state index < -0.39 is 21.1 Å². The third-order valence-electron chi connectivity index (χ3n) is 5.14. The Morgan fingerprint density at radius 2 is 1.45 bits per heavy atom. The van der Waals surface area contributed by atoms with Crippen molar-refractivity contribution in [1.82, 2.24) is 0 Å². The molecule has 0 aliphatic rings. The molecule has 4 aromatic rings. The Hall–Kier alpha value is -3.79. The van der Waals surface area contributed by atoms with E-state index in [0.29, 0.717) is 22.6 Å². The smallest absolute Gasteiger partial charge is 0.295 e. The molecule has 33 heavy (non-hydrogen) atoms. The first-order chi connectivity index (χ1) is 15.8. The second-order valence-corrected chi connectivity index (χ2v) is 8.60. The van der Waals surface area contributed by atoms with Crippen LogP contribution < -0.4 is 4.74 Å². The molecule has 0 amide bonds. The lowest BCUT2D eigenvalue weighted by Crippen LogP contribution is -1.99. The molecule has 0 heterocycles. The van der Waals surface area contributed by atoms with Gasteiger partial charge in [-0.25, -0.2) is 0 Å². The number of aromatic hydroxyl groups is 1. The summed E-state index contributed by atoms with van der Waals surface area (Å²) >= 11 is 0. The number of azo groups is 1. The van der Waals surface area contributed by atoms with Gasteiger partial charge in [0.05, 0.1) is 7.11 Å². The SMILES string of the molecule is COc1cc(C(O)c2ccccc2)ccc1N=Nc1cc(S(=O)(=O)O)c2ccccc2c1O. The number of aliphatic hydroxyl groups is 1. The van der Waals surface area contributed by atoms with Crippen molar-refractivity contribution in [3.8, 4) is 11.5 Å². The summed E-state index contributed by atoms with van der Waals surface area (Å²) in [6.07, 6.45) is -0.868. The average molecular weight is 464 g/mol. The van der Waals surface area contributed by atoms with Crippen molar-refractivity contribution >= 4 is 32.3 Å². The number of rotatable bonds is 6. The quantitative estimate of drug-likeness (QED) is 0.262. The number of methoxy groups -OCH3 is 1. The van der Waals surface area contributed by atoms with Crippen LogP contribution in [0.3, 0.4) is 0 Å². The molecule has 3 N–H and O–H groups in total. The van der Waals surface area contributed by atoms with Crippen LogP contribution in [0.2, 0.25) is 0 Å². The summed E-state index contributed by atoms with van der Waals surface area (Å²) in [6.45, 7) is 0. The molecule has 1 atom stereocenters. The van der Waals surface area contributed by atoms with Crippen molar-refractivity contribution in [1.29, 1.82) is 0 Å². The molecule has 0 saturated heterocycles. The van der Waals surface area contributed by atoms with Gasteiger partial charge in [0, 0.05) is 10.8 Å². The van der Waals surface area contributed by atoms with Gasteiger partial charge in [0.25, 0.3) is 10.1 Å². The Kier molecular flexibility index (Phi) is 6.10. The first-order valence-corrected chi connectivity index (χ1v) is 11.3. The lowest BCUT2D eigenvalue weighted by atomic mass is 10.0. The van der Waals surface area contributed by atoms with Gasteiger partial charge in [-0.2, -0.15) is 8.42 Å². The average Bonchev–Trinajstić information content (AvgIpc) is 2.83. The van der Waals surface area contributed by atoms with E-state index in [9.17, 15) is 23.2 Å². The maximum atomic E-state index is 11.9. The summed E-state index contributed by atoms with van der Waals surface area (Å²) in [7, 11) is -3.13.